The third-order valence-electron chi connectivity index (χ3n) is 5.03. The van der Waals surface area contributed by atoms with Crippen molar-refractivity contribution in [3.8, 4) is 0 Å². The van der Waals surface area contributed by atoms with Crippen molar-refractivity contribution in [3.05, 3.63) is 54.1 Å². The van der Waals surface area contributed by atoms with Crippen molar-refractivity contribution in [2.45, 2.75) is 43.8 Å². The van der Waals surface area contributed by atoms with Gasteiger partial charge in [0.2, 0.25) is 0 Å². The Hall–Kier alpha value is -4.75. The van der Waals surface area contributed by atoms with E-state index in [1.807, 2.05) is 36.4 Å². The Balaban J connectivity index is 0.000000753. The van der Waals surface area contributed by atoms with Gasteiger partial charge < -0.3 is 37.0 Å². The zero-order chi connectivity index (χ0) is 35.0. The Morgan fingerprint density at radius 3 is 1.58 bits per heavy atom. The molecule has 1 unspecified atom stereocenters. The summed E-state index contributed by atoms with van der Waals surface area (Å²) in [7, 11) is 0. The molecular formula is C25H27F9N4O7. The molecule has 11 nitrogen and oxygen atoms in total. The molecule has 1 heterocycles. The van der Waals surface area contributed by atoms with Crippen molar-refractivity contribution >= 4 is 40.9 Å². The number of nitrogens with one attached hydrogen (secondary N) is 3. The van der Waals surface area contributed by atoms with Gasteiger partial charge in [0.1, 0.15) is 0 Å². The number of para-hydroxylation sites is 2. The fourth-order valence-corrected chi connectivity index (χ4v) is 2.92. The first-order chi connectivity index (χ1) is 20.6. The standard InChI is InChI=1S/C19H24N4O.3C2HF3O2/c20-17-5-1-2-6-18(17)23-19(24)14-7-9-16(10-8-14)22-15-4-3-12-21-13-11-15;3*3-2(4,5)1(6)7/h1-2,5-10,15,21-22H,3-4,11-13,20H2,(H,23,24);3*(H,6,7). The topological polar surface area (TPSA) is 191 Å². The molecular weight excluding hydrogens is 639 g/mol. The Morgan fingerprint density at radius 1 is 0.711 bits per heavy atom. The van der Waals surface area contributed by atoms with E-state index in [0.29, 0.717) is 23.0 Å². The molecule has 1 fully saturated rings. The number of rotatable bonds is 4. The second-order valence-corrected chi connectivity index (χ2v) is 8.55. The number of alkyl halides is 9. The van der Waals surface area contributed by atoms with Crippen LogP contribution in [-0.4, -0.2) is 76.8 Å². The summed E-state index contributed by atoms with van der Waals surface area (Å²) in [6.07, 6.45) is -11.8. The summed E-state index contributed by atoms with van der Waals surface area (Å²) in [5.74, 6) is -8.43. The van der Waals surface area contributed by atoms with Crippen LogP contribution in [0.5, 0.6) is 0 Å². The second kappa shape index (κ2) is 18.1. The molecule has 1 amide bonds. The highest BCUT2D eigenvalue weighted by Gasteiger charge is 2.39. The predicted molar refractivity (Wildman–Crippen MR) is 140 cm³/mol. The number of carbonyl (C=O) groups is 4. The molecule has 0 aromatic heterocycles. The van der Waals surface area contributed by atoms with E-state index in [1.54, 1.807) is 12.1 Å². The molecule has 0 radical (unpaired) electrons. The van der Waals surface area contributed by atoms with Gasteiger partial charge in [-0.05, 0) is 68.8 Å². The molecule has 0 spiro atoms. The second-order valence-electron chi connectivity index (χ2n) is 8.55. The molecule has 2 aromatic carbocycles. The van der Waals surface area contributed by atoms with Crippen LogP contribution in [0, 0.1) is 0 Å². The molecule has 8 N–H and O–H groups in total. The minimum absolute atomic E-state index is 0.155. The number of nitrogens with two attached hydrogens (primary N) is 1. The highest BCUT2D eigenvalue weighted by Crippen LogP contribution is 2.20. The molecule has 1 atom stereocenters. The Morgan fingerprint density at radius 2 is 1.16 bits per heavy atom. The quantitative estimate of drug-likeness (QED) is 0.173. The van der Waals surface area contributed by atoms with Gasteiger partial charge in [0.05, 0.1) is 11.4 Å². The number of benzene rings is 2. The lowest BCUT2D eigenvalue weighted by atomic mass is 10.1. The number of hydrogen-bond acceptors (Lipinski definition) is 7. The number of carbonyl (C=O) groups excluding carboxylic acids is 1. The first kappa shape index (κ1) is 40.2. The number of carboxylic acids is 3. The molecule has 0 saturated carbocycles. The number of amides is 1. The van der Waals surface area contributed by atoms with Gasteiger partial charge in [-0.15, -0.1) is 0 Å². The smallest absolute Gasteiger partial charge is 0.475 e. The van der Waals surface area contributed by atoms with Gasteiger partial charge in [0.25, 0.3) is 5.91 Å². The fourth-order valence-electron chi connectivity index (χ4n) is 2.92. The SMILES string of the molecule is Nc1ccccc1NC(=O)c1ccc(NC2CCCNCC2)cc1.O=C(O)C(F)(F)F.O=C(O)C(F)(F)F.O=C(O)C(F)(F)F. The van der Waals surface area contributed by atoms with Crippen molar-refractivity contribution in [3.63, 3.8) is 0 Å². The number of aliphatic carboxylic acids is 3. The Kier molecular flexibility index (Phi) is 16.2. The van der Waals surface area contributed by atoms with E-state index in [1.165, 1.54) is 12.8 Å². The summed E-state index contributed by atoms with van der Waals surface area (Å²) >= 11 is 0. The third-order valence-corrected chi connectivity index (χ3v) is 5.03. The van der Waals surface area contributed by atoms with Gasteiger partial charge in [0.15, 0.2) is 0 Å². The number of hydrogen-bond donors (Lipinski definition) is 7. The first-order valence-electron chi connectivity index (χ1n) is 12.2. The van der Waals surface area contributed by atoms with Crippen LogP contribution in [0.4, 0.5) is 56.6 Å². The fraction of sp³-hybridized carbons (Fsp3) is 0.360. The van der Waals surface area contributed by atoms with E-state index in [0.717, 1.165) is 25.2 Å². The normalized spacial score (nSPS) is 14.7. The average molecular weight is 666 g/mol. The summed E-state index contributed by atoms with van der Waals surface area (Å²) < 4.78 is 95.2. The van der Waals surface area contributed by atoms with Crippen LogP contribution in [0.3, 0.4) is 0 Å². The van der Waals surface area contributed by atoms with Crippen LogP contribution in [0.25, 0.3) is 0 Å². The predicted octanol–water partition coefficient (Wildman–Crippen LogP) is 4.98. The number of anilines is 3. The molecule has 3 rings (SSSR count). The van der Waals surface area contributed by atoms with E-state index in [9.17, 15) is 44.3 Å². The molecule has 1 aliphatic rings. The van der Waals surface area contributed by atoms with Crippen LogP contribution in [0.2, 0.25) is 0 Å². The summed E-state index contributed by atoms with van der Waals surface area (Å²) in [6, 6.07) is 15.3. The zero-order valence-corrected chi connectivity index (χ0v) is 22.7. The maximum Gasteiger partial charge on any atom is 0.490 e. The number of halogens is 9. The lowest BCUT2D eigenvalue weighted by Gasteiger charge is -2.17. The van der Waals surface area contributed by atoms with E-state index in [4.69, 9.17) is 35.4 Å². The number of carboxylic acid groups (broad SMARTS) is 3. The third kappa shape index (κ3) is 17.8. The summed E-state index contributed by atoms with van der Waals surface area (Å²) in [5.41, 5.74) is 8.72. The van der Waals surface area contributed by atoms with Crippen LogP contribution < -0.4 is 21.7 Å². The molecule has 0 bridgehead atoms. The Bertz CT molecular complexity index is 1190. The highest BCUT2D eigenvalue weighted by atomic mass is 19.4. The van der Waals surface area contributed by atoms with Gasteiger partial charge >= 0.3 is 36.4 Å². The van der Waals surface area contributed by atoms with Crippen molar-refractivity contribution in [1.82, 2.24) is 5.32 Å². The molecule has 45 heavy (non-hydrogen) atoms. The van der Waals surface area contributed by atoms with E-state index in [2.05, 4.69) is 16.0 Å². The zero-order valence-electron chi connectivity index (χ0n) is 22.7. The van der Waals surface area contributed by atoms with Crippen LogP contribution in [0.1, 0.15) is 29.6 Å². The van der Waals surface area contributed by atoms with E-state index < -0.39 is 36.4 Å². The van der Waals surface area contributed by atoms with Crippen molar-refractivity contribution in [2.75, 3.05) is 29.5 Å². The van der Waals surface area contributed by atoms with Crippen molar-refractivity contribution in [2.24, 2.45) is 0 Å². The Labute approximate surface area is 248 Å². The van der Waals surface area contributed by atoms with Crippen molar-refractivity contribution < 1.29 is 74.0 Å². The minimum Gasteiger partial charge on any atom is -0.475 e. The molecule has 1 aliphatic heterocycles. The van der Waals surface area contributed by atoms with Crippen LogP contribution in [-0.2, 0) is 14.4 Å². The van der Waals surface area contributed by atoms with Gasteiger partial charge in [-0.25, -0.2) is 14.4 Å². The summed E-state index contributed by atoms with van der Waals surface area (Å²) in [6.45, 7) is 2.15. The van der Waals surface area contributed by atoms with Gasteiger partial charge in [-0.1, -0.05) is 12.1 Å². The van der Waals surface area contributed by atoms with Gasteiger partial charge in [-0.2, -0.15) is 39.5 Å². The summed E-state index contributed by atoms with van der Waals surface area (Å²) in [5, 5.41) is 31.2. The maximum absolute atomic E-state index is 12.3. The largest absolute Gasteiger partial charge is 0.490 e. The van der Waals surface area contributed by atoms with Gasteiger partial charge in [0, 0.05) is 17.3 Å². The lowest BCUT2D eigenvalue weighted by Crippen LogP contribution is -2.21. The minimum atomic E-state index is -5.08. The maximum atomic E-state index is 12.3. The van der Waals surface area contributed by atoms with E-state index >= 15 is 0 Å². The van der Waals surface area contributed by atoms with Crippen molar-refractivity contribution in [1.29, 1.82) is 0 Å². The molecule has 20 heteroatoms. The average Bonchev–Trinajstić information content (AvgIpc) is 3.18. The van der Waals surface area contributed by atoms with Gasteiger partial charge in [-0.3, -0.25) is 4.79 Å². The van der Waals surface area contributed by atoms with Crippen LogP contribution >= 0.6 is 0 Å². The molecule has 2 aromatic rings. The molecule has 1 saturated heterocycles. The highest BCUT2D eigenvalue weighted by molar-refractivity contribution is 6.05. The lowest BCUT2D eigenvalue weighted by molar-refractivity contribution is -0.193. The van der Waals surface area contributed by atoms with Crippen LogP contribution in [0.15, 0.2) is 48.5 Å². The van der Waals surface area contributed by atoms with E-state index in [-0.39, 0.29) is 5.91 Å². The monoisotopic (exact) mass is 666 g/mol. The molecule has 0 aliphatic carbocycles. The number of nitrogen functional groups attached to an aromatic ring is 1. The molecule has 252 valence electrons. The first-order valence-corrected chi connectivity index (χ1v) is 12.2. The summed E-state index contributed by atoms with van der Waals surface area (Å²) in [4.78, 5) is 39.0.